The van der Waals surface area contributed by atoms with Crippen LogP contribution in [0.2, 0.25) is 0 Å². The van der Waals surface area contributed by atoms with Gasteiger partial charge < -0.3 is 9.47 Å². The monoisotopic (exact) mass is 392 g/mol. The summed E-state index contributed by atoms with van der Waals surface area (Å²) in [6.07, 6.45) is 9.10. The fourth-order valence-electron chi connectivity index (χ4n) is 4.20. The third-order valence-electron chi connectivity index (χ3n) is 5.85. The summed E-state index contributed by atoms with van der Waals surface area (Å²) in [6.45, 7) is 8.45. The highest BCUT2D eigenvalue weighted by Crippen LogP contribution is 2.44. The van der Waals surface area contributed by atoms with Gasteiger partial charge in [-0.3, -0.25) is 0 Å². The molecule has 0 amide bonds. The van der Waals surface area contributed by atoms with Crippen LogP contribution in [0.5, 0.6) is 0 Å². The molecular formula is C26H32O3. The number of ether oxygens (including phenoxy) is 2. The van der Waals surface area contributed by atoms with E-state index in [-0.39, 0.29) is 11.9 Å². The topological polar surface area (TPSA) is 35.5 Å². The maximum Gasteiger partial charge on any atom is 0.337 e. The predicted octanol–water partition coefficient (Wildman–Crippen LogP) is 6.07. The van der Waals surface area contributed by atoms with Crippen molar-refractivity contribution < 1.29 is 14.3 Å². The van der Waals surface area contributed by atoms with E-state index in [1.807, 2.05) is 38.1 Å². The largest absolute Gasteiger partial charge is 0.485 e. The number of hydrogen-bond acceptors (Lipinski definition) is 3. The molecule has 1 saturated carbocycles. The quantitative estimate of drug-likeness (QED) is 0.335. The standard InChI is InChI=1S/C26H32O3/c1-19(2)24-23(25(27)28-4)18-26(29-24,17-22-13-9-6-10-14-22)20(3)15-16-21-11-7-5-8-12-21/h6,9-10,13-15,19H,3,5,7-8,11-12,17-18H2,1-2,4H3. The number of benzene rings is 1. The average molecular weight is 393 g/mol. The lowest BCUT2D eigenvalue weighted by Crippen LogP contribution is -2.34. The molecule has 1 unspecified atom stereocenters. The summed E-state index contributed by atoms with van der Waals surface area (Å²) in [7, 11) is 1.42. The van der Waals surface area contributed by atoms with Crippen molar-refractivity contribution in [3.05, 3.63) is 76.8 Å². The average Bonchev–Trinajstić information content (AvgIpc) is 3.14. The Bertz CT molecular complexity index is 845. The highest BCUT2D eigenvalue weighted by atomic mass is 16.5. The summed E-state index contributed by atoms with van der Waals surface area (Å²) in [5, 5.41) is 0. The van der Waals surface area contributed by atoms with Crippen LogP contribution in [0.3, 0.4) is 0 Å². The molecule has 0 saturated heterocycles. The molecule has 1 atom stereocenters. The minimum Gasteiger partial charge on any atom is -0.485 e. The lowest BCUT2D eigenvalue weighted by Gasteiger charge is -2.31. The van der Waals surface area contributed by atoms with Gasteiger partial charge >= 0.3 is 5.97 Å². The minimum absolute atomic E-state index is 0.0928. The second-order valence-electron chi connectivity index (χ2n) is 8.40. The van der Waals surface area contributed by atoms with Crippen LogP contribution in [0.4, 0.5) is 0 Å². The fourth-order valence-corrected chi connectivity index (χ4v) is 4.20. The van der Waals surface area contributed by atoms with Gasteiger partial charge in [-0.15, -0.1) is 5.73 Å². The molecule has 1 fully saturated rings. The zero-order chi connectivity index (χ0) is 20.9. The Morgan fingerprint density at radius 1 is 1.24 bits per heavy atom. The van der Waals surface area contributed by atoms with E-state index in [9.17, 15) is 4.79 Å². The zero-order valence-corrected chi connectivity index (χ0v) is 17.9. The van der Waals surface area contributed by atoms with Gasteiger partial charge in [0.25, 0.3) is 0 Å². The van der Waals surface area contributed by atoms with Gasteiger partial charge in [-0.05, 0) is 48.5 Å². The van der Waals surface area contributed by atoms with Crippen molar-refractivity contribution >= 4 is 5.97 Å². The summed E-state index contributed by atoms with van der Waals surface area (Å²) in [6, 6.07) is 10.2. The summed E-state index contributed by atoms with van der Waals surface area (Å²) in [4.78, 5) is 12.5. The van der Waals surface area contributed by atoms with Gasteiger partial charge in [0.1, 0.15) is 11.4 Å². The molecule has 0 spiro atoms. The molecule has 3 rings (SSSR count). The van der Waals surface area contributed by atoms with Crippen molar-refractivity contribution in [2.45, 2.75) is 64.4 Å². The van der Waals surface area contributed by atoms with Crippen molar-refractivity contribution in [1.29, 1.82) is 0 Å². The maximum atomic E-state index is 12.5. The van der Waals surface area contributed by atoms with E-state index in [4.69, 9.17) is 9.47 Å². The lowest BCUT2D eigenvalue weighted by molar-refractivity contribution is -0.136. The van der Waals surface area contributed by atoms with Gasteiger partial charge in [-0.25, -0.2) is 4.79 Å². The van der Waals surface area contributed by atoms with Crippen molar-refractivity contribution in [3.8, 4) is 0 Å². The molecule has 1 aromatic carbocycles. The number of rotatable bonds is 6. The van der Waals surface area contributed by atoms with E-state index < -0.39 is 5.60 Å². The van der Waals surface area contributed by atoms with Crippen molar-refractivity contribution in [3.63, 3.8) is 0 Å². The molecule has 0 radical (unpaired) electrons. The SMILES string of the molecule is C=C(C=C=C1CCCCC1)C1(Cc2ccccc2)CC(C(=O)OC)=C(C(C)C)O1. The molecule has 0 bridgehead atoms. The van der Waals surface area contributed by atoms with Gasteiger partial charge in [-0.1, -0.05) is 57.2 Å². The highest BCUT2D eigenvalue weighted by molar-refractivity contribution is 5.90. The molecule has 0 N–H and O–H groups in total. The molecular weight excluding hydrogens is 360 g/mol. The highest BCUT2D eigenvalue weighted by Gasteiger charge is 2.45. The Labute approximate surface area is 174 Å². The predicted molar refractivity (Wildman–Crippen MR) is 116 cm³/mol. The molecule has 2 aliphatic rings. The van der Waals surface area contributed by atoms with Crippen LogP contribution < -0.4 is 0 Å². The van der Waals surface area contributed by atoms with Gasteiger partial charge in [0.2, 0.25) is 0 Å². The minimum atomic E-state index is -0.688. The smallest absolute Gasteiger partial charge is 0.337 e. The van der Waals surface area contributed by atoms with E-state index in [1.54, 1.807) is 0 Å². The molecule has 3 heteroatoms. The van der Waals surface area contributed by atoms with E-state index in [1.165, 1.54) is 31.9 Å². The summed E-state index contributed by atoms with van der Waals surface area (Å²) >= 11 is 0. The number of methoxy groups -OCH3 is 1. The second-order valence-corrected chi connectivity index (χ2v) is 8.40. The number of carbonyl (C=O) groups is 1. The molecule has 1 heterocycles. The molecule has 1 aromatic rings. The van der Waals surface area contributed by atoms with Crippen molar-refractivity contribution in [1.82, 2.24) is 0 Å². The van der Waals surface area contributed by atoms with Crippen molar-refractivity contribution in [2.24, 2.45) is 5.92 Å². The van der Waals surface area contributed by atoms with E-state index in [2.05, 4.69) is 24.4 Å². The first-order chi connectivity index (χ1) is 13.9. The first-order valence-corrected chi connectivity index (χ1v) is 10.6. The number of carbonyl (C=O) groups excluding carboxylic acids is 1. The Morgan fingerprint density at radius 2 is 1.93 bits per heavy atom. The Hall–Kier alpha value is -2.51. The van der Waals surface area contributed by atoms with Gasteiger partial charge in [0.15, 0.2) is 0 Å². The summed E-state index contributed by atoms with van der Waals surface area (Å²) < 4.78 is 11.6. The zero-order valence-electron chi connectivity index (χ0n) is 17.9. The fraction of sp³-hybridized carbons (Fsp3) is 0.462. The molecule has 0 aromatic heterocycles. The molecule has 29 heavy (non-hydrogen) atoms. The molecule has 3 nitrogen and oxygen atoms in total. The van der Waals surface area contributed by atoms with Gasteiger partial charge in [0, 0.05) is 18.8 Å². The van der Waals surface area contributed by atoms with Crippen LogP contribution in [0.15, 0.2) is 71.2 Å². The number of allylic oxidation sites excluding steroid dienone is 1. The van der Waals surface area contributed by atoms with E-state index in [0.29, 0.717) is 24.2 Å². The van der Waals surface area contributed by atoms with E-state index in [0.717, 1.165) is 24.0 Å². The van der Waals surface area contributed by atoms with Crippen molar-refractivity contribution in [2.75, 3.05) is 7.11 Å². The van der Waals surface area contributed by atoms with Crippen LogP contribution in [0.25, 0.3) is 0 Å². The van der Waals surface area contributed by atoms with Crippen LogP contribution in [0.1, 0.15) is 57.9 Å². The van der Waals surface area contributed by atoms with Gasteiger partial charge in [0.05, 0.1) is 12.7 Å². The Kier molecular flexibility index (Phi) is 6.82. The summed E-state index contributed by atoms with van der Waals surface area (Å²) in [5.74, 6) is 0.494. The van der Waals surface area contributed by atoms with Gasteiger partial charge in [-0.2, -0.15) is 0 Å². The van der Waals surface area contributed by atoms with E-state index >= 15 is 0 Å². The Morgan fingerprint density at radius 3 is 2.55 bits per heavy atom. The third-order valence-corrected chi connectivity index (χ3v) is 5.85. The Balaban J connectivity index is 1.96. The lowest BCUT2D eigenvalue weighted by atomic mass is 9.83. The molecule has 1 aliphatic carbocycles. The molecule has 154 valence electrons. The second kappa shape index (κ2) is 9.33. The van der Waals surface area contributed by atoms with Crippen LogP contribution in [-0.2, 0) is 20.7 Å². The first-order valence-electron chi connectivity index (χ1n) is 10.6. The molecule has 1 aliphatic heterocycles. The number of hydrogen-bond donors (Lipinski definition) is 0. The summed E-state index contributed by atoms with van der Waals surface area (Å²) in [5.41, 5.74) is 6.79. The van der Waals surface area contributed by atoms with Crippen LogP contribution >= 0.6 is 0 Å². The normalized spacial score (nSPS) is 21.6. The van der Waals surface area contributed by atoms with Crippen LogP contribution in [0, 0.1) is 5.92 Å². The van der Waals surface area contributed by atoms with Crippen LogP contribution in [-0.4, -0.2) is 18.7 Å². The maximum absolute atomic E-state index is 12.5. The number of esters is 1. The first kappa shape index (κ1) is 21.2. The third kappa shape index (κ3) is 4.92.